The summed E-state index contributed by atoms with van der Waals surface area (Å²) in [6.07, 6.45) is 0. The van der Waals surface area contributed by atoms with Crippen LogP contribution >= 0.6 is 0 Å². The van der Waals surface area contributed by atoms with E-state index in [9.17, 15) is 14.4 Å². The molecule has 1 atom stereocenters. The number of urea groups is 1. The maximum Gasteiger partial charge on any atom is 0.322 e. The van der Waals surface area contributed by atoms with Crippen molar-refractivity contribution >= 4 is 17.8 Å². The van der Waals surface area contributed by atoms with Crippen LogP contribution in [0.1, 0.15) is 29.7 Å². The van der Waals surface area contributed by atoms with Crippen molar-refractivity contribution in [1.29, 1.82) is 0 Å². The highest BCUT2D eigenvalue weighted by atomic mass is 16.5. The Morgan fingerprint density at radius 1 is 1.23 bits per heavy atom. The zero-order chi connectivity index (χ0) is 22.1. The van der Waals surface area contributed by atoms with Gasteiger partial charge in [0.05, 0.1) is 37.1 Å². The Hall–Kier alpha value is -2.91. The van der Waals surface area contributed by atoms with Gasteiger partial charge in [0.2, 0.25) is 0 Å². The highest BCUT2D eigenvalue weighted by molar-refractivity contribution is 6.03. The maximum absolute atomic E-state index is 13.4. The minimum atomic E-state index is -0.522. The highest BCUT2D eigenvalue weighted by Crippen LogP contribution is 2.37. The summed E-state index contributed by atoms with van der Waals surface area (Å²) in [7, 11) is 0. The molecule has 1 saturated heterocycles. The van der Waals surface area contributed by atoms with Gasteiger partial charge in [-0.15, -0.1) is 0 Å². The van der Waals surface area contributed by atoms with Crippen LogP contribution in [0.2, 0.25) is 0 Å². The fraction of sp³-hybridized carbons (Fsp3) is 0.500. The number of morpholine rings is 1. The Morgan fingerprint density at radius 3 is 2.65 bits per heavy atom. The van der Waals surface area contributed by atoms with Gasteiger partial charge in [0.15, 0.2) is 0 Å². The predicted molar refractivity (Wildman–Crippen MR) is 114 cm³/mol. The molecule has 1 unspecified atom stereocenters. The van der Waals surface area contributed by atoms with Crippen LogP contribution in [-0.2, 0) is 14.3 Å². The summed E-state index contributed by atoms with van der Waals surface area (Å²) in [5.74, 6) is -0.462. The van der Waals surface area contributed by atoms with E-state index in [0.717, 1.165) is 16.7 Å². The first-order valence-corrected chi connectivity index (χ1v) is 10.7. The van der Waals surface area contributed by atoms with E-state index in [1.165, 1.54) is 4.90 Å². The molecule has 9 heteroatoms. The van der Waals surface area contributed by atoms with Crippen LogP contribution in [0.5, 0.6) is 0 Å². The lowest BCUT2D eigenvalue weighted by molar-refractivity contribution is -0.135. The van der Waals surface area contributed by atoms with Gasteiger partial charge in [0.1, 0.15) is 6.54 Å². The average molecular weight is 428 g/mol. The van der Waals surface area contributed by atoms with E-state index in [1.807, 2.05) is 44.0 Å². The SMILES string of the molecule is CCN1C(=O)NC(c2ccc(C)cc2C)C2=C1CN(CC(=O)NN1CCOCC1)C2=O. The molecule has 0 radical (unpaired) electrons. The topological polar surface area (TPSA) is 94.2 Å². The molecule has 166 valence electrons. The summed E-state index contributed by atoms with van der Waals surface area (Å²) in [5, 5.41) is 4.80. The number of carbonyl (C=O) groups excluding carboxylic acids is 3. The van der Waals surface area contributed by atoms with Gasteiger partial charge in [-0.1, -0.05) is 23.8 Å². The smallest absolute Gasteiger partial charge is 0.322 e. The third-order valence-corrected chi connectivity index (χ3v) is 5.98. The van der Waals surface area contributed by atoms with Gasteiger partial charge >= 0.3 is 6.03 Å². The second kappa shape index (κ2) is 8.68. The molecule has 1 aromatic rings. The number of hydrazine groups is 1. The zero-order valence-corrected chi connectivity index (χ0v) is 18.2. The van der Waals surface area contributed by atoms with E-state index in [2.05, 4.69) is 10.7 Å². The van der Waals surface area contributed by atoms with E-state index < -0.39 is 6.04 Å². The lowest BCUT2D eigenvalue weighted by atomic mass is 9.91. The largest absolute Gasteiger partial charge is 0.379 e. The van der Waals surface area contributed by atoms with Crippen LogP contribution in [0.25, 0.3) is 0 Å². The number of carbonyl (C=O) groups is 3. The molecule has 0 bridgehead atoms. The standard InChI is InChI=1S/C22H29N5O4/c1-4-27-17-12-25(13-18(28)24-26-7-9-31-10-8-26)21(29)19(17)20(23-22(27)30)16-6-5-14(2)11-15(16)3/h5-6,11,20H,4,7-10,12-13H2,1-3H3,(H,23,30)(H,24,28). The summed E-state index contributed by atoms with van der Waals surface area (Å²) < 4.78 is 5.29. The minimum absolute atomic E-state index is 0.0610. The molecule has 3 aliphatic rings. The van der Waals surface area contributed by atoms with Gasteiger partial charge in [-0.3, -0.25) is 19.9 Å². The fourth-order valence-electron chi connectivity index (χ4n) is 4.45. The average Bonchev–Trinajstić information content (AvgIpc) is 3.04. The van der Waals surface area contributed by atoms with Crippen LogP contribution in [0.15, 0.2) is 29.5 Å². The Morgan fingerprint density at radius 2 is 1.97 bits per heavy atom. The summed E-state index contributed by atoms with van der Waals surface area (Å²) >= 11 is 0. The Labute approximate surface area is 182 Å². The lowest BCUT2D eigenvalue weighted by Crippen LogP contribution is -2.51. The van der Waals surface area contributed by atoms with E-state index >= 15 is 0 Å². The molecule has 0 spiro atoms. The number of nitrogens with one attached hydrogen (secondary N) is 2. The molecule has 1 fully saturated rings. The van der Waals surface area contributed by atoms with Crippen molar-refractivity contribution in [3.05, 3.63) is 46.2 Å². The first-order chi connectivity index (χ1) is 14.9. The fourth-order valence-corrected chi connectivity index (χ4v) is 4.45. The van der Waals surface area contributed by atoms with Gasteiger partial charge in [0.25, 0.3) is 11.8 Å². The highest BCUT2D eigenvalue weighted by Gasteiger charge is 2.44. The summed E-state index contributed by atoms with van der Waals surface area (Å²) in [5.41, 5.74) is 7.10. The molecule has 3 heterocycles. The molecular weight excluding hydrogens is 398 g/mol. The van der Waals surface area contributed by atoms with Crippen LogP contribution in [0.3, 0.4) is 0 Å². The molecule has 31 heavy (non-hydrogen) atoms. The van der Waals surface area contributed by atoms with Crippen molar-refractivity contribution in [1.82, 2.24) is 25.6 Å². The molecule has 3 aliphatic heterocycles. The Kier molecular flexibility index (Phi) is 5.97. The van der Waals surface area contributed by atoms with E-state index in [4.69, 9.17) is 4.74 Å². The number of rotatable bonds is 5. The van der Waals surface area contributed by atoms with Gasteiger partial charge in [-0.05, 0) is 31.9 Å². The van der Waals surface area contributed by atoms with Crippen molar-refractivity contribution in [3.8, 4) is 0 Å². The minimum Gasteiger partial charge on any atom is -0.379 e. The summed E-state index contributed by atoms with van der Waals surface area (Å²) in [6.45, 7) is 8.86. The van der Waals surface area contributed by atoms with Crippen molar-refractivity contribution in [3.63, 3.8) is 0 Å². The second-order valence-corrected chi connectivity index (χ2v) is 8.14. The molecular formula is C22H29N5O4. The quantitative estimate of drug-likeness (QED) is 0.727. The third kappa shape index (κ3) is 4.15. The number of ether oxygens (including phenoxy) is 1. The first-order valence-electron chi connectivity index (χ1n) is 10.7. The molecule has 0 aromatic heterocycles. The van der Waals surface area contributed by atoms with Crippen LogP contribution < -0.4 is 10.7 Å². The second-order valence-electron chi connectivity index (χ2n) is 8.14. The van der Waals surface area contributed by atoms with Gasteiger partial charge in [0, 0.05) is 19.6 Å². The van der Waals surface area contributed by atoms with Crippen molar-refractivity contribution in [2.24, 2.45) is 0 Å². The van der Waals surface area contributed by atoms with Gasteiger partial charge < -0.3 is 15.0 Å². The van der Waals surface area contributed by atoms with Crippen LogP contribution in [0, 0.1) is 13.8 Å². The number of aryl methyl sites for hydroxylation is 2. The molecule has 1 aromatic carbocycles. The van der Waals surface area contributed by atoms with Gasteiger partial charge in [-0.25, -0.2) is 9.80 Å². The van der Waals surface area contributed by atoms with E-state index in [-0.39, 0.29) is 30.9 Å². The summed E-state index contributed by atoms with van der Waals surface area (Å²) in [6, 6.07) is 5.24. The normalized spacial score (nSPS) is 22.0. The Balaban J connectivity index is 1.56. The summed E-state index contributed by atoms with van der Waals surface area (Å²) in [4.78, 5) is 41.8. The van der Waals surface area contributed by atoms with Crippen LogP contribution in [-0.4, -0.2) is 78.6 Å². The maximum atomic E-state index is 13.4. The molecule has 2 N–H and O–H groups in total. The number of likely N-dealkylation sites (N-methyl/N-ethyl adjacent to an activating group) is 1. The first kappa shape index (κ1) is 21.3. The zero-order valence-electron chi connectivity index (χ0n) is 18.2. The number of hydrogen-bond donors (Lipinski definition) is 2. The van der Waals surface area contributed by atoms with E-state index in [1.54, 1.807) is 4.90 Å². The third-order valence-electron chi connectivity index (χ3n) is 5.98. The van der Waals surface area contributed by atoms with Crippen molar-refractivity contribution < 1.29 is 19.1 Å². The lowest BCUT2D eigenvalue weighted by Gasteiger charge is -2.33. The van der Waals surface area contributed by atoms with Crippen molar-refractivity contribution in [2.45, 2.75) is 26.8 Å². The molecule has 4 amide bonds. The number of hydrogen-bond acceptors (Lipinski definition) is 5. The monoisotopic (exact) mass is 427 g/mol. The predicted octanol–water partition coefficient (Wildman–Crippen LogP) is 0.849. The van der Waals surface area contributed by atoms with Crippen LogP contribution in [0.4, 0.5) is 4.79 Å². The molecule has 0 saturated carbocycles. The Bertz CT molecular complexity index is 938. The number of nitrogens with zero attached hydrogens (tertiary/aromatic N) is 3. The number of amides is 4. The van der Waals surface area contributed by atoms with Crippen molar-refractivity contribution in [2.75, 3.05) is 45.9 Å². The van der Waals surface area contributed by atoms with E-state index in [0.29, 0.717) is 44.1 Å². The molecule has 4 rings (SSSR count). The molecule has 9 nitrogen and oxygen atoms in total. The number of benzene rings is 1. The van der Waals surface area contributed by atoms with Gasteiger partial charge in [-0.2, -0.15) is 0 Å². The molecule has 0 aliphatic carbocycles.